The zero-order valence-corrected chi connectivity index (χ0v) is 73.7. The van der Waals surface area contributed by atoms with Crippen LogP contribution in [-0.4, -0.2) is 15.0 Å². The van der Waals surface area contributed by atoms with Crippen molar-refractivity contribution in [3.63, 3.8) is 0 Å². The normalized spacial score (nSPS) is 14.1. The summed E-state index contributed by atoms with van der Waals surface area (Å²) in [5.74, 6) is 0. The number of pyridine rings is 3. The van der Waals surface area contributed by atoms with Gasteiger partial charge in [0.25, 0.3) is 0 Å². The molecule has 126 heavy (non-hydrogen) atoms. The van der Waals surface area contributed by atoms with Gasteiger partial charge >= 0.3 is 0 Å². The summed E-state index contributed by atoms with van der Waals surface area (Å²) >= 11 is 0. The minimum Gasteiger partial charge on any atom is -0.310 e. The van der Waals surface area contributed by atoms with E-state index in [4.69, 9.17) is 4.98 Å². The third-order valence-electron chi connectivity index (χ3n) is 25.2. The topological polar surface area (TPSA) is 99.6 Å². The lowest BCUT2D eigenvalue weighted by molar-refractivity contribution is 0.591. The van der Waals surface area contributed by atoms with Crippen molar-refractivity contribution in [2.75, 3.05) is 14.7 Å². The van der Waals surface area contributed by atoms with Gasteiger partial charge in [-0.2, -0.15) is 0 Å². The summed E-state index contributed by atoms with van der Waals surface area (Å²) in [6, 6.07) is 146. The highest BCUT2D eigenvalue weighted by molar-refractivity contribution is 7.86. The van der Waals surface area contributed by atoms with Gasteiger partial charge in [0.05, 0.1) is 39.8 Å². The summed E-state index contributed by atoms with van der Waals surface area (Å²) in [5.41, 5.74) is 24.1. The average molecular weight is 1690 g/mol. The minimum atomic E-state index is -3.19. The number of anilines is 9. The van der Waals surface area contributed by atoms with Gasteiger partial charge in [-0.3, -0.25) is 15.0 Å². The average Bonchev–Trinajstić information content (AvgIpc) is 0.733. The van der Waals surface area contributed by atoms with Gasteiger partial charge in [-0.05, 0) is 159 Å². The predicted octanol–water partition coefficient (Wildman–Crippen LogP) is 25.5. The van der Waals surface area contributed by atoms with Crippen LogP contribution in [0.3, 0.4) is 0 Å². The molecule has 1 unspecified atom stereocenters. The third-order valence-corrected chi connectivity index (χ3v) is 34.2. The fourth-order valence-electron chi connectivity index (χ4n) is 18.7. The molecular weight excluding hydrogens is 1590 g/mol. The van der Waals surface area contributed by atoms with E-state index in [1.807, 2.05) is 206 Å². The molecule has 15 aromatic carbocycles. The Labute approximate surface area is 738 Å². The van der Waals surface area contributed by atoms with Crippen molar-refractivity contribution in [2.45, 2.75) is 57.8 Å². The fourth-order valence-corrected chi connectivity index (χ4v) is 26.6. The van der Waals surface area contributed by atoms with Gasteiger partial charge in [0.1, 0.15) is 5.44 Å². The molecule has 3 aliphatic heterocycles. The molecule has 3 aromatic heterocycles. The highest BCUT2D eigenvalue weighted by atomic mass is 31.2. The maximum absolute atomic E-state index is 15.0. The SMILES string of the molecule is CC1(C)c2ccccc2N(c2cccc(-c3cc(P(=O)(c4ccccc4)c4ccccc4)ccn3)c2)c2ccccc21.CC1(C)c2ccccc2N(c2cccc(-c3cccc(P(=O)(c4ccccc4)c4ccccn4)c3)c2)c2ccccc21.CC1(C)c2ccccc2N(c2cccc(-c3cncc(P(=O)(c4ccccc4)c4ccccc4)c3)c2)c2ccccc21. The molecule has 12 heteroatoms. The highest BCUT2D eigenvalue weighted by Gasteiger charge is 2.41. The van der Waals surface area contributed by atoms with E-state index < -0.39 is 21.4 Å². The largest absolute Gasteiger partial charge is 0.310 e. The van der Waals surface area contributed by atoms with E-state index in [-0.39, 0.29) is 16.2 Å². The van der Waals surface area contributed by atoms with Gasteiger partial charge in [-0.1, -0.05) is 363 Å². The van der Waals surface area contributed by atoms with Crippen molar-refractivity contribution < 1.29 is 13.7 Å². The Morgan fingerprint density at radius 1 is 0.214 bits per heavy atom. The number of benzene rings is 15. The van der Waals surface area contributed by atoms with Crippen LogP contribution in [0.15, 0.2) is 455 Å². The lowest BCUT2D eigenvalue weighted by Gasteiger charge is -2.42. The molecular formula is C114H93N6O3P3. The summed E-state index contributed by atoms with van der Waals surface area (Å²) < 4.78 is 45.0. The summed E-state index contributed by atoms with van der Waals surface area (Å²) in [6.07, 6.45) is 7.12. The molecule has 3 aliphatic rings. The van der Waals surface area contributed by atoms with E-state index in [0.29, 0.717) is 5.44 Å². The molecule has 0 fully saturated rings. The Hall–Kier alpha value is -14.2. The number of fused-ring (bicyclic) bond motifs is 6. The van der Waals surface area contributed by atoms with Gasteiger partial charge in [0.2, 0.25) is 0 Å². The van der Waals surface area contributed by atoms with Gasteiger partial charge in [-0.25, -0.2) is 0 Å². The van der Waals surface area contributed by atoms with E-state index in [2.05, 4.69) is 297 Å². The van der Waals surface area contributed by atoms with E-state index in [1.54, 1.807) is 18.6 Å². The van der Waals surface area contributed by atoms with Crippen LogP contribution in [0, 0.1) is 0 Å². The molecule has 0 aliphatic carbocycles. The van der Waals surface area contributed by atoms with Crippen molar-refractivity contribution >= 4 is 120 Å². The zero-order valence-electron chi connectivity index (χ0n) is 71.1. The molecule has 0 amide bonds. The van der Waals surface area contributed by atoms with Crippen LogP contribution in [0.4, 0.5) is 51.2 Å². The monoisotopic (exact) mass is 1690 g/mol. The molecule has 21 rings (SSSR count). The molecule has 0 spiro atoms. The second-order valence-electron chi connectivity index (χ2n) is 33.7. The van der Waals surface area contributed by atoms with E-state index in [1.165, 1.54) is 67.5 Å². The van der Waals surface area contributed by atoms with Crippen molar-refractivity contribution in [3.05, 3.63) is 489 Å². The number of hydrogen-bond acceptors (Lipinski definition) is 9. The van der Waals surface area contributed by atoms with Crippen molar-refractivity contribution in [1.29, 1.82) is 0 Å². The number of para-hydroxylation sites is 6. The fraction of sp³-hybridized carbons (Fsp3) is 0.0789. The van der Waals surface area contributed by atoms with Crippen LogP contribution >= 0.6 is 21.4 Å². The van der Waals surface area contributed by atoms with E-state index >= 15 is 9.13 Å². The van der Waals surface area contributed by atoms with Crippen molar-refractivity contribution in [2.24, 2.45) is 0 Å². The lowest BCUT2D eigenvalue weighted by atomic mass is 9.73. The Morgan fingerprint density at radius 2 is 0.500 bits per heavy atom. The molecule has 0 bridgehead atoms. The minimum absolute atomic E-state index is 0.111. The second-order valence-corrected chi connectivity index (χ2v) is 42.0. The first-order valence-electron chi connectivity index (χ1n) is 42.7. The van der Waals surface area contributed by atoms with Crippen LogP contribution in [0.5, 0.6) is 0 Å². The quantitative estimate of drug-likeness (QED) is 0.0929. The van der Waals surface area contributed by atoms with E-state index in [9.17, 15) is 4.57 Å². The van der Waals surface area contributed by atoms with Crippen LogP contribution in [0.2, 0.25) is 0 Å². The molecule has 9 nitrogen and oxygen atoms in total. The second kappa shape index (κ2) is 33.8. The highest BCUT2D eigenvalue weighted by Crippen LogP contribution is 2.57. The molecule has 6 heterocycles. The van der Waals surface area contributed by atoms with Crippen LogP contribution in [0.25, 0.3) is 33.5 Å². The van der Waals surface area contributed by atoms with E-state index in [0.717, 1.165) is 93.0 Å². The smallest absolute Gasteiger partial charge is 0.188 e. The summed E-state index contributed by atoms with van der Waals surface area (Å²) in [5, 5.41) is 6.26. The molecule has 18 aromatic rings. The number of aromatic nitrogens is 3. The molecule has 0 radical (unpaired) electrons. The maximum atomic E-state index is 15.0. The molecule has 0 N–H and O–H groups in total. The van der Waals surface area contributed by atoms with Crippen molar-refractivity contribution in [3.8, 4) is 33.5 Å². The third kappa shape index (κ3) is 14.7. The molecule has 1 atom stereocenters. The molecule has 612 valence electrons. The summed E-state index contributed by atoms with van der Waals surface area (Å²) in [4.78, 5) is 21.0. The number of rotatable bonds is 15. The molecule has 0 saturated heterocycles. The standard InChI is InChI=1S/3C38H31N2OP/c1-38(2)34-20-9-11-22-36(34)40(37-23-12-10-21-35(37)38)30-15-13-14-28(24-30)29-25-33(27-39-26-29)42(41,31-16-5-3-6-17-31)32-18-7-4-8-19-32;1-38(2)33-20-9-11-22-36(33)40(37-23-12-10-21-34(37)38)29-15-13-14-28(26-29)35-27-32(24-25-39-35)42(41,30-16-5-3-6-17-30)31-18-7-4-8-19-31;1-38(2)33-20-6-8-22-35(33)40(36-23-9-7-21-34(36)38)30-16-12-14-28(26-30)29-15-13-19-32(27-29)42(41,31-17-4-3-5-18-31)37-24-10-11-25-39-37/h3*3-27H,1-2H3. The van der Waals surface area contributed by atoms with Gasteiger partial charge in [0, 0.05) is 112 Å². The zero-order chi connectivity index (χ0) is 86.2. The lowest BCUT2D eigenvalue weighted by Crippen LogP contribution is -2.30. The number of nitrogens with zero attached hydrogens (tertiary/aromatic N) is 6. The van der Waals surface area contributed by atoms with Crippen molar-refractivity contribution in [1.82, 2.24) is 15.0 Å². The Bertz CT molecular complexity index is 6250. The Kier molecular flexibility index (Phi) is 21.9. The van der Waals surface area contributed by atoms with Crippen LogP contribution < -0.4 is 62.6 Å². The summed E-state index contributed by atoms with van der Waals surface area (Å²) in [6.45, 7) is 13.8. The first kappa shape index (κ1) is 81.5. The Balaban J connectivity index is 0.000000123. The van der Waals surface area contributed by atoms with Crippen LogP contribution in [-0.2, 0) is 29.9 Å². The Morgan fingerprint density at radius 3 is 0.873 bits per heavy atom. The van der Waals surface area contributed by atoms with Gasteiger partial charge in [0.15, 0.2) is 21.4 Å². The number of hydrogen-bond donors (Lipinski definition) is 0. The van der Waals surface area contributed by atoms with Crippen LogP contribution in [0.1, 0.15) is 74.9 Å². The summed E-state index contributed by atoms with van der Waals surface area (Å²) in [7, 11) is -9.44. The van der Waals surface area contributed by atoms with Gasteiger partial charge < -0.3 is 28.4 Å². The maximum Gasteiger partial charge on any atom is 0.188 e. The predicted molar refractivity (Wildman–Crippen MR) is 528 cm³/mol. The molecule has 0 saturated carbocycles. The van der Waals surface area contributed by atoms with Gasteiger partial charge in [-0.15, -0.1) is 0 Å². The first-order valence-corrected chi connectivity index (χ1v) is 47.9. The first-order chi connectivity index (χ1) is 61.4.